The molecule has 0 heterocycles. The number of benzene rings is 2. The van der Waals surface area contributed by atoms with E-state index in [0.29, 0.717) is 11.3 Å². The van der Waals surface area contributed by atoms with Crippen molar-refractivity contribution < 1.29 is 13.5 Å². The zero-order chi connectivity index (χ0) is 17.2. The predicted molar refractivity (Wildman–Crippen MR) is 92.8 cm³/mol. The first-order valence-electron chi connectivity index (χ1n) is 7.25. The molecule has 0 saturated heterocycles. The summed E-state index contributed by atoms with van der Waals surface area (Å²) in [6.45, 7) is 7.79. The summed E-state index contributed by atoms with van der Waals surface area (Å²) in [7, 11) is -3.82. The summed E-state index contributed by atoms with van der Waals surface area (Å²) < 4.78 is 27.2. The number of nitrogens with zero attached hydrogens (tertiary/aromatic N) is 1. The van der Waals surface area contributed by atoms with Crippen LogP contribution < -0.4 is 10.0 Å². The molecule has 3 N–H and O–H groups in total. The van der Waals surface area contributed by atoms with Crippen molar-refractivity contribution in [2.75, 3.05) is 16.6 Å². The number of hydrogen-bond acceptors (Lipinski definition) is 4. The lowest BCUT2D eigenvalue weighted by Crippen LogP contribution is -2.34. The number of phenols is 1. The Morgan fingerprint density at radius 3 is 2.35 bits per heavy atom. The fourth-order valence-electron chi connectivity index (χ4n) is 2.20. The van der Waals surface area contributed by atoms with E-state index < -0.39 is 10.0 Å². The monoisotopic (exact) mass is 333 g/mol. The summed E-state index contributed by atoms with van der Waals surface area (Å²) in [5.41, 5.74) is 6.72. The van der Waals surface area contributed by atoms with Gasteiger partial charge in [0.25, 0.3) is 10.0 Å². The number of anilines is 2. The van der Waals surface area contributed by atoms with E-state index >= 15 is 0 Å². The quantitative estimate of drug-likeness (QED) is 0.824. The van der Waals surface area contributed by atoms with Crippen LogP contribution in [0.5, 0.6) is 5.75 Å². The molecule has 123 valence electrons. The van der Waals surface area contributed by atoms with Gasteiger partial charge < -0.3 is 10.8 Å². The van der Waals surface area contributed by atoms with E-state index in [1.165, 1.54) is 28.6 Å². The maximum atomic E-state index is 13.0. The second-order valence-corrected chi connectivity index (χ2v) is 7.65. The highest BCUT2D eigenvalue weighted by Crippen LogP contribution is 2.34. The topological polar surface area (TPSA) is 83.6 Å². The minimum atomic E-state index is -3.82. The molecule has 5 nitrogen and oxygen atoms in total. The van der Waals surface area contributed by atoms with Gasteiger partial charge in [-0.15, -0.1) is 0 Å². The first-order chi connectivity index (χ1) is 10.7. The largest absolute Gasteiger partial charge is 0.505 e. The maximum Gasteiger partial charge on any atom is 0.264 e. The molecule has 0 aliphatic rings. The summed E-state index contributed by atoms with van der Waals surface area (Å²) in [5.74, 6) is -0.0569. The Morgan fingerprint density at radius 1 is 1.17 bits per heavy atom. The van der Waals surface area contributed by atoms with E-state index in [-0.39, 0.29) is 28.8 Å². The molecule has 2 aromatic carbocycles. The van der Waals surface area contributed by atoms with Crippen LogP contribution in [0.4, 0.5) is 11.4 Å². The Bertz CT molecular complexity index is 784. The van der Waals surface area contributed by atoms with Crippen molar-refractivity contribution in [2.24, 2.45) is 5.92 Å². The minimum Gasteiger partial charge on any atom is -0.505 e. The van der Waals surface area contributed by atoms with Crippen molar-refractivity contribution in [1.29, 1.82) is 0 Å². The number of rotatable bonds is 5. The van der Waals surface area contributed by atoms with Crippen LogP contribution in [0.2, 0.25) is 0 Å². The number of nitrogens with two attached hydrogens (primary N) is 1. The van der Waals surface area contributed by atoms with E-state index in [4.69, 9.17) is 5.73 Å². The third kappa shape index (κ3) is 3.59. The Kier molecular flexibility index (Phi) is 4.85. The average Bonchev–Trinajstić information content (AvgIpc) is 2.48. The molecule has 6 heteroatoms. The first-order valence-corrected chi connectivity index (χ1v) is 8.69. The van der Waals surface area contributed by atoms with E-state index in [1.807, 2.05) is 13.8 Å². The van der Waals surface area contributed by atoms with E-state index in [9.17, 15) is 13.5 Å². The lowest BCUT2D eigenvalue weighted by molar-refractivity contribution is 0.472. The van der Waals surface area contributed by atoms with Crippen LogP contribution in [0.3, 0.4) is 0 Å². The van der Waals surface area contributed by atoms with Crippen LogP contribution in [0, 0.1) is 12.8 Å². The van der Waals surface area contributed by atoms with Gasteiger partial charge in [0.05, 0.1) is 10.6 Å². The van der Waals surface area contributed by atoms with Crippen LogP contribution in [0.1, 0.15) is 19.4 Å². The van der Waals surface area contributed by atoms with Crippen molar-refractivity contribution in [3.8, 4) is 5.75 Å². The van der Waals surface area contributed by atoms with Gasteiger partial charge in [-0.25, -0.2) is 8.42 Å². The van der Waals surface area contributed by atoms with Crippen LogP contribution in [0.25, 0.3) is 0 Å². The molecule has 0 bridgehead atoms. The van der Waals surface area contributed by atoms with Crippen LogP contribution in [-0.4, -0.2) is 20.1 Å². The highest BCUT2D eigenvalue weighted by atomic mass is 32.2. The third-order valence-corrected chi connectivity index (χ3v) is 5.16. The number of aromatic hydroxyl groups is 1. The van der Waals surface area contributed by atoms with Gasteiger partial charge in [0.2, 0.25) is 0 Å². The molecule has 0 aliphatic carbocycles. The second kappa shape index (κ2) is 6.50. The standard InChI is InChI=1S/C17H21N2O3S/c1-12(2)11-19(16-6-4-5-13(3)17(16)20)23(21,22)15-9-7-14(18)8-10-15/h4-10,12,20H,3,11,18H2,1-2H3. The molecular formula is C17H21N2O3S. The molecule has 0 atom stereocenters. The van der Waals surface area contributed by atoms with E-state index in [0.717, 1.165) is 0 Å². The number of hydrogen-bond donors (Lipinski definition) is 2. The van der Waals surface area contributed by atoms with Crippen LogP contribution >= 0.6 is 0 Å². The average molecular weight is 333 g/mol. The van der Waals surface area contributed by atoms with Crippen LogP contribution in [-0.2, 0) is 10.0 Å². The molecule has 2 rings (SSSR count). The zero-order valence-corrected chi connectivity index (χ0v) is 14.0. The number of nitrogen functional groups attached to an aromatic ring is 1. The highest BCUT2D eigenvalue weighted by Gasteiger charge is 2.28. The molecular weight excluding hydrogens is 312 g/mol. The Labute approximate surface area is 137 Å². The van der Waals surface area contributed by atoms with Gasteiger partial charge in [-0.1, -0.05) is 26.0 Å². The lowest BCUT2D eigenvalue weighted by Gasteiger charge is -2.27. The maximum absolute atomic E-state index is 13.0. The lowest BCUT2D eigenvalue weighted by atomic mass is 10.1. The van der Waals surface area contributed by atoms with Gasteiger partial charge in [-0.05, 0) is 48.7 Å². The molecule has 1 radical (unpaired) electrons. The summed E-state index contributed by atoms with van der Waals surface area (Å²) in [6.07, 6.45) is 0. The van der Waals surface area contributed by atoms with Gasteiger partial charge in [0.1, 0.15) is 5.75 Å². The Hall–Kier alpha value is -2.21. The molecule has 2 aromatic rings. The smallest absolute Gasteiger partial charge is 0.264 e. The number of sulfonamides is 1. The van der Waals surface area contributed by atoms with Gasteiger partial charge in [0.15, 0.2) is 0 Å². The van der Waals surface area contributed by atoms with Gasteiger partial charge in [-0.3, -0.25) is 4.31 Å². The van der Waals surface area contributed by atoms with Crippen LogP contribution in [0.15, 0.2) is 47.4 Å². The molecule has 0 unspecified atom stereocenters. The SMILES string of the molecule is [CH2]c1cccc(N(CC(C)C)S(=O)(=O)c2ccc(N)cc2)c1O. The Balaban J connectivity index is 2.58. The fourth-order valence-corrected chi connectivity index (χ4v) is 3.84. The summed E-state index contributed by atoms with van der Waals surface area (Å²) in [5, 5.41) is 10.2. The second-order valence-electron chi connectivity index (χ2n) is 5.78. The van der Waals surface area contributed by atoms with E-state index in [2.05, 4.69) is 6.92 Å². The Morgan fingerprint density at radius 2 is 1.78 bits per heavy atom. The van der Waals surface area contributed by atoms with Crippen molar-refractivity contribution in [3.63, 3.8) is 0 Å². The molecule has 0 spiro atoms. The summed E-state index contributed by atoms with van der Waals surface area (Å²) in [6, 6.07) is 10.9. The molecule has 0 fully saturated rings. The van der Waals surface area contributed by atoms with Crippen molar-refractivity contribution >= 4 is 21.4 Å². The van der Waals surface area contributed by atoms with Gasteiger partial charge in [0, 0.05) is 12.2 Å². The van der Waals surface area contributed by atoms with Gasteiger partial charge >= 0.3 is 0 Å². The highest BCUT2D eigenvalue weighted by molar-refractivity contribution is 7.92. The molecule has 23 heavy (non-hydrogen) atoms. The minimum absolute atomic E-state index is 0.0754. The van der Waals surface area contributed by atoms with Crippen molar-refractivity contribution in [2.45, 2.75) is 18.7 Å². The normalized spacial score (nSPS) is 11.7. The molecule has 0 aromatic heterocycles. The first kappa shape index (κ1) is 17.1. The number of para-hydroxylation sites is 1. The molecule has 0 amide bonds. The van der Waals surface area contributed by atoms with Crippen molar-refractivity contribution in [3.05, 3.63) is 55.0 Å². The van der Waals surface area contributed by atoms with E-state index in [1.54, 1.807) is 18.2 Å². The molecule has 0 saturated carbocycles. The van der Waals surface area contributed by atoms with Crippen molar-refractivity contribution in [1.82, 2.24) is 0 Å². The predicted octanol–water partition coefficient (Wildman–Crippen LogP) is 3.01. The summed E-state index contributed by atoms with van der Waals surface area (Å²) >= 11 is 0. The number of phenolic OH excluding ortho intramolecular Hbond substituents is 1. The fraction of sp³-hybridized carbons (Fsp3) is 0.235. The summed E-state index contributed by atoms with van der Waals surface area (Å²) in [4.78, 5) is 0.126. The van der Waals surface area contributed by atoms with Gasteiger partial charge in [-0.2, -0.15) is 0 Å². The zero-order valence-electron chi connectivity index (χ0n) is 13.2. The third-order valence-electron chi connectivity index (χ3n) is 3.37. The molecule has 0 aliphatic heterocycles.